The fourth-order valence-electron chi connectivity index (χ4n) is 2.90. The van der Waals surface area contributed by atoms with Gasteiger partial charge in [0.2, 0.25) is 21.8 Å². The lowest BCUT2D eigenvalue weighted by Gasteiger charge is -2.24. The third-order valence-electron chi connectivity index (χ3n) is 4.70. The largest absolute Gasteiger partial charge is 0.384 e. The van der Waals surface area contributed by atoms with Crippen LogP contribution in [0, 0.1) is 5.41 Å². The van der Waals surface area contributed by atoms with Crippen LogP contribution in [-0.2, 0) is 36.6 Å². The van der Waals surface area contributed by atoms with Gasteiger partial charge in [-0.3, -0.25) is 15.0 Å². The van der Waals surface area contributed by atoms with Gasteiger partial charge in [0.05, 0.1) is 24.5 Å². The summed E-state index contributed by atoms with van der Waals surface area (Å²) in [4.78, 5) is 25.0. The lowest BCUT2D eigenvalue weighted by molar-refractivity contribution is -0.129. The minimum atomic E-state index is -3.86. The predicted molar refractivity (Wildman–Crippen MR) is 134 cm³/mol. The van der Waals surface area contributed by atoms with Crippen molar-refractivity contribution >= 4 is 27.7 Å². The molecule has 0 aliphatic carbocycles. The molecule has 0 bridgehead atoms. The molecule has 0 aliphatic rings. The van der Waals surface area contributed by atoms with Crippen LogP contribution in [0.4, 0.5) is 0 Å². The average molecular weight is 504 g/mol. The van der Waals surface area contributed by atoms with Gasteiger partial charge in [0.25, 0.3) is 0 Å². The molecule has 0 aromatic heterocycles. The number of hydrogen-bond donors (Lipinski definition) is 5. The first-order valence-electron chi connectivity index (χ1n) is 11.0. The quantitative estimate of drug-likeness (QED) is 0.214. The average Bonchev–Trinajstić information content (AvgIpc) is 2.78. The number of nitrogens with one attached hydrogen (secondary N) is 4. The molecule has 6 N–H and O–H groups in total. The molecule has 0 fully saturated rings. The molecular formula is C24H33N5O5S. The van der Waals surface area contributed by atoms with Crippen molar-refractivity contribution in [3.8, 4) is 0 Å². The summed E-state index contributed by atoms with van der Waals surface area (Å²) in [7, 11) is -3.86. The zero-order valence-electron chi connectivity index (χ0n) is 20.1. The van der Waals surface area contributed by atoms with Crippen LogP contribution in [0.5, 0.6) is 0 Å². The monoisotopic (exact) mass is 503 g/mol. The SMILES string of the molecule is CC(C)(C)OC[C@@H](NS(=O)(=O)Cc1ccccc1)C(=O)NCC(=O)NCc1ccc(C(=N)N)cc1. The number of rotatable bonds is 12. The van der Waals surface area contributed by atoms with Crippen LogP contribution in [0.25, 0.3) is 0 Å². The first-order chi connectivity index (χ1) is 16.3. The van der Waals surface area contributed by atoms with Crippen molar-refractivity contribution in [2.45, 2.75) is 44.7 Å². The van der Waals surface area contributed by atoms with Crippen LogP contribution in [0.15, 0.2) is 54.6 Å². The van der Waals surface area contributed by atoms with E-state index in [1.165, 1.54) is 0 Å². The minimum Gasteiger partial charge on any atom is -0.384 e. The molecule has 2 aromatic carbocycles. The third kappa shape index (κ3) is 10.7. The fraction of sp³-hybridized carbons (Fsp3) is 0.375. The van der Waals surface area contributed by atoms with Crippen LogP contribution < -0.4 is 21.1 Å². The van der Waals surface area contributed by atoms with Crippen LogP contribution in [-0.4, -0.2) is 50.9 Å². The van der Waals surface area contributed by atoms with E-state index >= 15 is 0 Å². The summed E-state index contributed by atoms with van der Waals surface area (Å²) in [5.74, 6) is -1.47. The number of hydrogen-bond acceptors (Lipinski definition) is 6. The highest BCUT2D eigenvalue weighted by Gasteiger charge is 2.27. The Morgan fingerprint density at radius 1 is 1.00 bits per heavy atom. The number of benzene rings is 2. The Bertz CT molecular complexity index is 1110. The third-order valence-corrected chi connectivity index (χ3v) is 6.06. The Labute approximate surface area is 206 Å². The van der Waals surface area contributed by atoms with Gasteiger partial charge in [-0.05, 0) is 31.9 Å². The van der Waals surface area contributed by atoms with E-state index in [1.807, 2.05) is 0 Å². The molecule has 2 aromatic rings. The van der Waals surface area contributed by atoms with E-state index in [2.05, 4.69) is 15.4 Å². The lowest BCUT2D eigenvalue weighted by atomic mass is 10.1. The van der Waals surface area contributed by atoms with Crippen molar-refractivity contribution in [2.24, 2.45) is 5.73 Å². The molecule has 0 heterocycles. The summed E-state index contributed by atoms with van der Waals surface area (Å²) in [5.41, 5.74) is 6.77. The molecule has 1 atom stereocenters. The maximum atomic E-state index is 12.7. The highest BCUT2D eigenvalue weighted by atomic mass is 32.2. The lowest BCUT2D eigenvalue weighted by Crippen LogP contribution is -2.52. The zero-order valence-corrected chi connectivity index (χ0v) is 20.9. The molecular weight excluding hydrogens is 470 g/mol. The molecule has 2 amide bonds. The predicted octanol–water partition coefficient (Wildman–Crippen LogP) is 1.01. The molecule has 0 unspecified atom stereocenters. The van der Waals surface area contributed by atoms with Gasteiger partial charge in [-0.2, -0.15) is 0 Å². The topological polar surface area (TPSA) is 163 Å². The molecule has 190 valence electrons. The van der Waals surface area contributed by atoms with Crippen LogP contribution >= 0.6 is 0 Å². The Kier molecular flexibility index (Phi) is 9.93. The number of ether oxygens (including phenoxy) is 1. The first-order valence-corrected chi connectivity index (χ1v) is 12.7. The molecule has 2 rings (SSSR count). The van der Waals surface area contributed by atoms with Crippen LogP contribution in [0.3, 0.4) is 0 Å². The summed E-state index contributed by atoms with van der Waals surface area (Å²) < 4.78 is 33.3. The maximum Gasteiger partial charge on any atom is 0.240 e. The standard InChI is InChI=1S/C24H33N5O5S/c1-24(2,3)34-15-20(29-35(32,33)16-18-7-5-4-6-8-18)23(31)28-14-21(30)27-13-17-9-11-19(12-10-17)22(25)26/h4-12,20,29H,13-16H2,1-3H3,(H3,25,26)(H,27,30)(H,28,31)/t20-/m1/s1. The summed E-state index contributed by atoms with van der Waals surface area (Å²) in [6.45, 7) is 5.04. The molecule has 11 heteroatoms. The minimum absolute atomic E-state index is 0.0484. The Balaban J connectivity index is 1.94. The fourth-order valence-corrected chi connectivity index (χ4v) is 4.23. The van der Waals surface area contributed by atoms with E-state index in [4.69, 9.17) is 15.9 Å². The number of carbonyl (C=O) groups excluding carboxylic acids is 2. The van der Waals surface area contributed by atoms with Gasteiger partial charge in [0.15, 0.2) is 0 Å². The highest BCUT2D eigenvalue weighted by molar-refractivity contribution is 7.88. The van der Waals surface area contributed by atoms with Crippen molar-refractivity contribution in [1.82, 2.24) is 15.4 Å². The van der Waals surface area contributed by atoms with Gasteiger partial charge in [-0.1, -0.05) is 54.6 Å². The van der Waals surface area contributed by atoms with E-state index in [0.29, 0.717) is 11.1 Å². The van der Waals surface area contributed by atoms with Crippen molar-refractivity contribution in [3.05, 3.63) is 71.3 Å². The smallest absolute Gasteiger partial charge is 0.240 e. The van der Waals surface area contributed by atoms with E-state index in [1.54, 1.807) is 75.4 Å². The van der Waals surface area contributed by atoms with Crippen molar-refractivity contribution in [3.63, 3.8) is 0 Å². The number of nitrogens with two attached hydrogens (primary N) is 1. The molecule has 0 saturated carbocycles. The number of sulfonamides is 1. The first kappa shape index (κ1) is 28.0. The number of amidine groups is 1. The van der Waals surface area contributed by atoms with Gasteiger partial charge in [0, 0.05) is 12.1 Å². The highest BCUT2D eigenvalue weighted by Crippen LogP contribution is 2.10. The molecule has 0 saturated heterocycles. The Hall–Kier alpha value is -3.28. The Morgan fingerprint density at radius 2 is 1.63 bits per heavy atom. The second kappa shape index (κ2) is 12.4. The van der Waals surface area contributed by atoms with E-state index < -0.39 is 33.5 Å². The van der Waals surface area contributed by atoms with Crippen molar-refractivity contribution in [1.29, 1.82) is 5.41 Å². The Morgan fingerprint density at radius 3 is 2.20 bits per heavy atom. The molecule has 0 radical (unpaired) electrons. The molecule has 0 aliphatic heterocycles. The zero-order chi connectivity index (χ0) is 26.1. The van der Waals surface area contributed by atoms with Gasteiger partial charge >= 0.3 is 0 Å². The summed E-state index contributed by atoms with van der Waals surface area (Å²) >= 11 is 0. The van der Waals surface area contributed by atoms with Gasteiger partial charge in [0.1, 0.15) is 11.9 Å². The van der Waals surface area contributed by atoms with Crippen molar-refractivity contribution in [2.75, 3.05) is 13.2 Å². The number of nitrogen functional groups attached to an aromatic ring is 1. The van der Waals surface area contributed by atoms with Crippen molar-refractivity contribution < 1.29 is 22.7 Å². The van der Waals surface area contributed by atoms with Gasteiger partial charge in [-0.25, -0.2) is 13.1 Å². The number of amides is 2. The second-order valence-electron chi connectivity index (χ2n) is 8.94. The van der Waals surface area contributed by atoms with E-state index in [-0.39, 0.29) is 31.3 Å². The summed E-state index contributed by atoms with van der Waals surface area (Å²) in [6.07, 6.45) is 0. The molecule has 35 heavy (non-hydrogen) atoms. The van der Waals surface area contributed by atoms with Gasteiger partial charge < -0.3 is 21.1 Å². The van der Waals surface area contributed by atoms with E-state index in [9.17, 15) is 18.0 Å². The molecule has 10 nitrogen and oxygen atoms in total. The summed E-state index contributed by atoms with van der Waals surface area (Å²) in [5, 5.41) is 12.5. The number of carbonyl (C=O) groups is 2. The van der Waals surface area contributed by atoms with Gasteiger partial charge in [-0.15, -0.1) is 0 Å². The van der Waals surface area contributed by atoms with E-state index in [0.717, 1.165) is 5.56 Å². The summed E-state index contributed by atoms with van der Waals surface area (Å²) in [6, 6.07) is 14.2. The molecule has 0 spiro atoms. The normalized spacial score (nSPS) is 12.5. The second-order valence-corrected chi connectivity index (χ2v) is 10.7. The van der Waals surface area contributed by atoms with Crippen LogP contribution in [0.1, 0.15) is 37.5 Å². The maximum absolute atomic E-state index is 12.7. The van der Waals surface area contributed by atoms with Crippen LogP contribution in [0.2, 0.25) is 0 Å².